The number of methoxy groups -OCH3 is 1. The van der Waals surface area contributed by atoms with Gasteiger partial charge in [-0.05, 0) is 81.1 Å². The molecule has 0 spiro atoms. The summed E-state index contributed by atoms with van der Waals surface area (Å²) in [5.41, 5.74) is 3.05. The lowest BCUT2D eigenvalue weighted by Gasteiger charge is -2.39. The van der Waals surface area contributed by atoms with E-state index in [1.807, 2.05) is 7.11 Å². The second-order valence-electron chi connectivity index (χ2n) is 8.51. The van der Waals surface area contributed by atoms with Crippen molar-refractivity contribution in [2.75, 3.05) is 39.9 Å². The first-order valence-electron chi connectivity index (χ1n) is 10.4. The van der Waals surface area contributed by atoms with Crippen LogP contribution in [0.4, 0.5) is 0 Å². The van der Waals surface area contributed by atoms with Crippen molar-refractivity contribution < 1.29 is 4.74 Å². The molecule has 1 aliphatic carbocycles. The standard InChI is InChI=1S/C22H34N2O/c1-25-17-22-5-4-12-24(22)16-19-13-21(14-19)20-8-6-18(7-9-20)15-23-10-2-3-11-23/h6-9,19,21-22H,2-5,10-17H2,1H3. The average molecular weight is 343 g/mol. The molecule has 1 aromatic carbocycles. The van der Waals surface area contributed by atoms with Gasteiger partial charge in [-0.1, -0.05) is 24.3 Å². The van der Waals surface area contributed by atoms with Crippen LogP contribution in [0.5, 0.6) is 0 Å². The summed E-state index contributed by atoms with van der Waals surface area (Å²) in [5, 5.41) is 0. The van der Waals surface area contributed by atoms with Crippen molar-refractivity contribution in [2.45, 2.75) is 57.0 Å². The van der Waals surface area contributed by atoms with Crippen LogP contribution in [-0.4, -0.2) is 55.7 Å². The van der Waals surface area contributed by atoms with Gasteiger partial charge in [0.05, 0.1) is 6.61 Å². The SMILES string of the molecule is COCC1CCCN1CC1CC(c2ccc(CN3CCCC3)cc2)C1. The second kappa shape index (κ2) is 8.20. The van der Waals surface area contributed by atoms with Crippen molar-refractivity contribution in [1.82, 2.24) is 9.80 Å². The summed E-state index contributed by atoms with van der Waals surface area (Å²) in [6.07, 6.45) is 8.18. The van der Waals surface area contributed by atoms with Crippen LogP contribution >= 0.6 is 0 Å². The molecule has 2 heterocycles. The second-order valence-corrected chi connectivity index (χ2v) is 8.51. The number of benzene rings is 1. The molecule has 0 N–H and O–H groups in total. The molecule has 3 nitrogen and oxygen atoms in total. The van der Waals surface area contributed by atoms with E-state index in [1.165, 1.54) is 70.3 Å². The Morgan fingerprint density at radius 2 is 1.76 bits per heavy atom. The smallest absolute Gasteiger partial charge is 0.0618 e. The summed E-state index contributed by atoms with van der Waals surface area (Å²) in [6, 6.07) is 10.2. The van der Waals surface area contributed by atoms with Crippen LogP contribution in [0.3, 0.4) is 0 Å². The molecule has 138 valence electrons. The lowest BCUT2D eigenvalue weighted by atomic mass is 9.71. The minimum Gasteiger partial charge on any atom is -0.383 e. The van der Waals surface area contributed by atoms with E-state index >= 15 is 0 Å². The Bertz CT molecular complexity index is 531. The van der Waals surface area contributed by atoms with E-state index in [4.69, 9.17) is 4.74 Å². The minimum absolute atomic E-state index is 0.675. The van der Waals surface area contributed by atoms with Gasteiger partial charge in [-0.15, -0.1) is 0 Å². The normalized spacial score (nSPS) is 30.7. The number of ether oxygens (including phenoxy) is 1. The molecule has 0 aromatic heterocycles. The predicted octanol–water partition coefficient (Wildman–Crippen LogP) is 3.89. The van der Waals surface area contributed by atoms with Crippen LogP contribution in [0.1, 0.15) is 55.6 Å². The number of nitrogens with zero attached hydrogens (tertiary/aromatic N) is 2. The Morgan fingerprint density at radius 3 is 2.48 bits per heavy atom. The van der Waals surface area contributed by atoms with Gasteiger partial charge in [-0.2, -0.15) is 0 Å². The van der Waals surface area contributed by atoms with Gasteiger partial charge < -0.3 is 4.74 Å². The summed E-state index contributed by atoms with van der Waals surface area (Å²) in [4.78, 5) is 5.27. The summed E-state index contributed by atoms with van der Waals surface area (Å²) < 4.78 is 5.39. The fourth-order valence-electron chi connectivity index (χ4n) is 5.10. The zero-order valence-electron chi connectivity index (χ0n) is 15.8. The van der Waals surface area contributed by atoms with Crippen LogP contribution in [0.2, 0.25) is 0 Å². The first-order valence-corrected chi connectivity index (χ1v) is 10.4. The van der Waals surface area contributed by atoms with Crippen molar-refractivity contribution in [1.29, 1.82) is 0 Å². The van der Waals surface area contributed by atoms with Gasteiger partial charge in [0.1, 0.15) is 0 Å². The van der Waals surface area contributed by atoms with Crippen molar-refractivity contribution >= 4 is 0 Å². The van der Waals surface area contributed by atoms with Gasteiger partial charge in [-0.3, -0.25) is 9.80 Å². The van der Waals surface area contributed by atoms with Gasteiger partial charge >= 0.3 is 0 Å². The Balaban J connectivity index is 1.23. The van der Waals surface area contributed by atoms with E-state index in [0.717, 1.165) is 25.0 Å². The van der Waals surface area contributed by atoms with E-state index in [0.29, 0.717) is 6.04 Å². The molecule has 1 atom stereocenters. The van der Waals surface area contributed by atoms with Crippen LogP contribution in [-0.2, 0) is 11.3 Å². The van der Waals surface area contributed by atoms with Crippen molar-refractivity contribution in [3.05, 3.63) is 35.4 Å². The first kappa shape index (κ1) is 17.5. The summed E-state index contributed by atoms with van der Waals surface area (Å²) in [6.45, 7) is 7.19. The maximum Gasteiger partial charge on any atom is 0.0618 e. The molecular weight excluding hydrogens is 308 g/mol. The fraction of sp³-hybridized carbons (Fsp3) is 0.727. The van der Waals surface area contributed by atoms with Gasteiger partial charge in [-0.25, -0.2) is 0 Å². The maximum atomic E-state index is 5.39. The van der Waals surface area contributed by atoms with Crippen molar-refractivity contribution in [2.24, 2.45) is 5.92 Å². The van der Waals surface area contributed by atoms with Gasteiger partial charge in [0.25, 0.3) is 0 Å². The lowest BCUT2D eigenvalue weighted by molar-refractivity contribution is 0.0879. The molecule has 1 aromatic rings. The quantitative estimate of drug-likeness (QED) is 0.748. The highest BCUT2D eigenvalue weighted by Gasteiger charge is 2.34. The minimum atomic E-state index is 0.675. The van der Waals surface area contributed by atoms with Crippen molar-refractivity contribution in [3.8, 4) is 0 Å². The van der Waals surface area contributed by atoms with E-state index in [1.54, 1.807) is 5.56 Å². The molecule has 25 heavy (non-hydrogen) atoms. The molecule has 2 aliphatic heterocycles. The number of likely N-dealkylation sites (tertiary alicyclic amines) is 2. The summed E-state index contributed by atoms with van der Waals surface area (Å²) >= 11 is 0. The van der Waals surface area contributed by atoms with E-state index in [2.05, 4.69) is 34.1 Å². The zero-order chi connectivity index (χ0) is 17.1. The summed E-state index contributed by atoms with van der Waals surface area (Å²) in [7, 11) is 1.84. The molecule has 0 amide bonds. The molecule has 3 aliphatic rings. The predicted molar refractivity (Wildman–Crippen MR) is 103 cm³/mol. The Morgan fingerprint density at radius 1 is 1.00 bits per heavy atom. The van der Waals surface area contributed by atoms with Gasteiger partial charge in [0.2, 0.25) is 0 Å². The molecule has 1 unspecified atom stereocenters. The number of rotatable bonds is 7. The Labute approximate surface area is 153 Å². The zero-order valence-corrected chi connectivity index (χ0v) is 15.8. The molecular formula is C22H34N2O. The lowest BCUT2D eigenvalue weighted by Crippen LogP contribution is -2.40. The number of hydrogen-bond acceptors (Lipinski definition) is 3. The third-order valence-corrected chi connectivity index (χ3v) is 6.64. The molecule has 0 bridgehead atoms. The fourth-order valence-corrected chi connectivity index (χ4v) is 5.10. The summed E-state index contributed by atoms with van der Waals surface area (Å²) in [5.74, 6) is 1.70. The molecule has 3 heteroatoms. The highest BCUT2D eigenvalue weighted by molar-refractivity contribution is 5.27. The van der Waals surface area contributed by atoms with Crippen LogP contribution in [0, 0.1) is 5.92 Å². The molecule has 4 rings (SSSR count). The van der Waals surface area contributed by atoms with E-state index in [9.17, 15) is 0 Å². The maximum absolute atomic E-state index is 5.39. The molecule has 3 fully saturated rings. The van der Waals surface area contributed by atoms with E-state index in [-0.39, 0.29) is 0 Å². The van der Waals surface area contributed by atoms with Gasteiger partial charge in [0.15, 0.2) is 0 Å². The average Bonchev–Trinajstić information content (AvgIpc) is 3.24. The first-order chi connectivity index (χ1) is 12.3. The third-order valence-electron chi connectivity index (χ3n) is 6.64. The highest BCUT2D eigenvalue weighted by Crippen LogP contribution is 2.42. The molecule has 1 saturated carbocycles. The third kappa shape index (κ3) is 4.27. The van der Waals surface area contributed by atoms with Crippen molar-refractivity contribution in [3.63, 3.8) is 0 Å². The highest BCUT2D eigenvalue weighted by atomic mass is 16.5. The van der Waals surface area contributed by atoms with Crippen LogP contribution in [0.25, 0.3) is 0 Å². The number of hydrogen-bond donors (Lipinski definition) is 0. The van der Waals surface area contributed by atoms with E-state index < -0.39 is 0 Å². The molecule has 0 radical (unpaired) electrons. The van der Waals surface area contributed by atoms with Gasteiger partial charge in [0, 0.05) is 26.2 Å². The topological polar surface area (TPSA) is 15.7 Å². The monoisotopic (exact) mass is 342 g/mol. The van der Waals surface area contributed by atoms with Crippen LogP contribution in [0.15, 0.2) is 24.3 Å². The molecule has 2 saturated heterocycles. The van der Waals surface area contributed by atoms with Crippen LogP contribution < -0.4 is 0 Å². The largest absolute Gasteiger partial charge is 0.383 e. The Hall–Kier alpha value is -0.900. The Kier molecular flexibility index (Phi) is 5.74.